The molecule has 106 valence electrons. The van der Waals surface area contributed by atoms with Gasteiger partial charge in [0.1, 0.15) is 12.4 Å². The molecule has 0 heterocycles. The highest BCUT2D eigenvalue weighted by Crippen LogP contribution is 2.12. The SMILES string of the molecule is CCOC(=O)CCC(=O)COc1ccc(CC#N)cc1. The topological polar surface area (TPSA) is 76.4 Å². The van der Waals surface area contributed by atoms with Crippen molar-refractivity contribution in [3.63, 3.8) is 0 Å². The summed E-state index contributed by atoms with van der Waals surface area (Å²) in [6.07, 6.45) is 0.543. The molecular weight excluding hydrogens is 258 g/mol. The maximum Gasteiger partial charge on any atom is 0.306 e. The first-order valence-corrected chi connectivity index (χ1v) is 6.41. The number of carbonyl (C=O) groups excluding carboxylic acids is 2. The number of ketones is 1. The molecule has 0 saturated heterocycles. The molecule has 1 aromatic rings. The minimum Gasteiger partial charge on any atom is -0.486 e. The third-order valence-electron chi connectivity index (χ3n) is 2.52. The third kappa shape index (κ3) is 6.01. The van der Waals surface area contributed by atoms with Crippen LogP contribution in [0.4, 0.5) is 0 Å². The first-order chi connectivity index (χ1) is 9.65. The monoisotopic (exact) mass is 275 g/mol. The van der Waals surface area contributed by atoms with Crippen LogP contribution in [0.3, 0.4) is 0 Å². The lowest BCUT2D eigenvalue weighted by Crippen LogP contribution is -2.14. The van der Waals surface area contributed by atoms with E-state index in [1.807, 2.05) is 0 Å². The summed E-state index contributed by atoms with van der Waals surface area (Å²) in [6, 6.07) is 9.04. The number of rotatable bonds is 8. The molecule has 0 fully saturated rings. The second kappa shape index (κ2) is 8.70. The minimum absolute atomic E-state index is 0.0724. The summed E-state index contributed by atoms with van der Waals surface area (Å²) in [5.74, 6) is 0.0389. The van der Waals surface area contributed by atoms with Crippen LogP contribution < -0.4 is 4.74 Å². The average molecular weight is 275 g/mol. The maximum atomic E-state index is 11.5. The van der Waals surface area contributed by atoms with Gasteiger partial charge in [0.15, 0.2) is 5.78 Å². The van der Waals surface area contributed by atoms with Gasteiger partial charge in [0.2, 0.25) is 0 Å². The van der Waals surface area contributed by atoms with Crippen molar-refractivity contribution in [2.45, 2.75) is 26.2 Å². The fourth-order valence-corrected chi connectivity index (χ4v) is 1.51. The van der Waals surface area contributed by atoms with Crippen molar-refractivity contribution in [2.75, 3.05) is 13.2 Å². The molecular formula is C15H17NO4. The van der Waals surface area contributed by atoms with Crippen LogP contribution in [-0.4, -0.2) is 25.0 Å². The molecule has 0 N–H and O–H groups in total. The van der Waals surface area contributed by atoms with Crippen LogP contribution >= 0.6 is 0 Å². The molecule has 5 heteroatoms. The molecule has 0 bridgehead atoms. The van der Waals surface area contributed by atoms with E-state index in [-0.39, 0.29) is 31.2 Å². The first kappa shape index (κ1) is 15.7. The zero-order chi connectivity index (χ0) is 14.8. The Morgan fingerprint density at radius 2 is 1.90 bits per heavy atom. The number of esters is 1. The number of hydrogen-bond acceptors (Lipinski definition) is 5. The van der Waals surface area contributed by atoms with Gasteiger partial charge >= 0.3 is 5.97 Å². The fraction of sp³-hybridized carbons (Fsp3) is 0.400. The molecule has 0 unspecified atom stereocenters. The van der Waals surface area contributed by atoms with Crippen LogP contribution in [0.25, 0.3) is 0 Å². The van der Waals surface area contributed by atoms with Gasteiger partial charge < -0.3 is 9.47 Å². The average Bonchev–Trinajstić information content (AvgIpc) is 2.45. The summed E-state index contributed by atoms with van der Waals surface area (Å²) in [5.41, 5.74) is 0.897. The number of Topliss-reactive ketones (excluding diaryl/α,β-unsaturated/α-hetero) is 1. The van der Waals surface area contributed by atoms with E-state index < -0.39 is 0 Å². The van der Waals surface area contributed by atoms with E-state index in [0.29, 0.717) is 18.8 Å². The van der Waals surface area contributed by atoms with Crippen molar-refractivity contribution in [2.24, 2.45) is 0 Å². The Hall–Kier alpha value is -2.35. The Balaban J connectivity index is 2.30. The lowest BCUT2D eigenvalue weighted by Gasteiger charge is -2.06. The fourth-order valence-electron chi connectivity index (χ4n) is 1.51. The van der Waals surface area contributed by atoms with Crippen LogP contribution in [-0.2, 0) is 20.7 Å². The quantitative estimate of drug-likeness (QED) is 0.678. The van der Waals surface area contributed by atoms with Crippen LogP contribution in [0.1, 0.15) is 25.3 Å². The molecule has 0 saturated carbocycles. The second-order valence-electron chi connectivity index (χ2n) is 4.11. The molecule has 0 aliphatic heterocycles. The summed E-state index contributed by atoms with van der Waals surface area (Å²) in [5, 5.41) is 8.54. The highest BCUT2D eigenvalue weighted by molar-refractivity contribution is 5.84. The Bertz CT molecular complexity index is 488. The van der Waals surface area contributed by atoms with Gasteiger partial charge in [-0.3, -0.25) is 9.59 Å². The number of carbonyl (C=O) groups is 2. The van der Waals surface area contributed by atoms with Crippen molar-refractivity contribution >= 4 is 11.8 Å². The molecule has 0 amide bonds. The Labute approximate surface area is 118 Å². The molecule has 0 spiro atoms. The number of ether oxygens (including phenoxy) is 2. The lowest BCUT2D eigenvalue weighted by molar-refractivity contribution is -0.144. The zero-order valence-corrected chi connectivity index (χ0v) is 11.4. The van der Waals surface area contributed by atoms with Gasteiger partial charge in [-0.05, 0) is 24.6 Å². The Kier molecular flexibility index (Phi) is 6.83. The third-order valence-corrected chi connectivity index (χ3v) is 2.52. The van der Waals surface area contributed by atoms with Crippen LogP contribution in [0.2, 0.25) is 0 Å². The van der Waals surface area contributed by atoms with E-state index in [1.165, 1.54) is 0 Å². The molecule has 0 aromatic heterocycles. The Morgan fingerprint density at radius 1 is 1.20 bits per heavy atom. The number of nitrogens with zero attached hydrogens (tertiary/aromatic N) is 1. The van der Waals surface area contributed by atoms with Crippen LogP contribution in [0.15, 0.2) is 24.3 Å². The van der Waals surface area contributed by atoms with Gasteiger partial charge in [-0.1, -0.05) is 12.1 Å². The summed E-state index contributed by atoms with van der Waals surface area (Å²) in [4.78, 5) is 22.6. The largest absolute Gasteiger partial charge is 0.486 e. The van der Waals surface area contributed by atoms with Gasteiger partial charge in [-0.25, -0.2) is 0 Å². The van der Waals surface area contributed by atoms with Gasteiger partial charge in [-0.15, -0.1) is 0 Å². The second-order valence-corrected chi connectivity index (χ2v) is 4.11. The predicted octanol–water partition coefficient (Wildman–Crippen LogP) is 2.04. The van der Waals surface area contributed by atoms with Crippen molar-refractivity contribution in [1.29, 1.82) is 5.26 Å². The Morgan fingerprint density at radius 3 is 2.50 bits per heavy atom. The molecule has 20 heavy (non-hydrogen) atoms. The summed E-state index contributed by atoms with van der Waals surface area (Å²) >= 11 is 0. The van der Waals surface area contributed by atoms with Crippen molar-refractivity contribution in [3.8, 4) is 11.8 Å². The molecule has 0 aliphatic carbocycles. The molecule has 0 atom stereocenters. The zero-order valence-electron chi connectivity index (χ0n) is 11.4. The number of hydrogen-bond donors (Lipinski definition) is 0. The van der Waals surface area contributed by atoms with E-state index in [4.69, 9.17) is 14.7 Å². The molecule has 1 rings (SSSR count). The highest BCUT2D eigenvalue weighted by Gasteiger charge is 2.08. The number of benzene rings is 1. The molecule has 1 aromatic carbocycles. The molecule has 0 radical (unpaired) electrons. The highest BCUT2D eigenvalue weighted by atomic mass is 16.5. The normalized spacial score (nSPS) is 9.60. The summed E-state index contributed by atoms with van der Waals surface area (Å²) in [6.45, 7) is 1.97. The smallest absolute Gasteiger partial charge is 0.306 e. The van der Waals surface area contributed by atoms with E-state index in [1.54, 1.807) is 31.2 Å². The minimum atomic E-state index is -0.373. The van der Waals surface area contributed by atoms with Gasteiger partial charge in [0.05, 0.1) is 25.5 Å². The first-order valence-electron chi connectivity index (χ1n) is 6.41. The standard InChI is InChI=1S/C15H17NO4/c1-2-19-15(18)8-5-13(17)11-20-14-6-3-12(4-7-14)9-10-16/h3-4,6-7H,2,5,8-9,11H2,1H3. The number of nitriles is 1. The van der Waals surface area contributed by atoms with Crippen LogP contribution in [0.5, 0.6) is 5.75 Å². The van der Waals surface area contributed by atoms with Crippen molar-refractivity contribution < 1.29 is 19.1 Å². The van der Waals surface area contributed by atoms with E-state index in [2.05, 4.69) is 6.07 Å². The van der Waals surface area contributed by atoms with E-state index >= 15 is 0 Å². The summed E-state index contributed by atoms with van der Waals surface area (Å²) < 4.78 is 10.0. The van der Waals surface area contributed by atoms with E-state index in [0.717, 1.165) is 5.56 Å². The summed E-state index contributed by atoms with van der Waals surface area (Å²) in [7, 11) is 0. The van der Waals surface area contributed by atoms with Crippen LogP contribution in [0, 0.1) is 11.3 Å². The maximum absolute atomic E-state index is 11.5. The van der Waals surface area contributed by atoms with Crippen molar-refractivity contribution in [3.05, 3.63) is 29.8 Å². The lowest BCUT2D eigenvalue weighted by atomic mass is 10.2. The van der Waals surface area contributed by atoms with Crippen molar-refractivity contribution in [1.82, 2.24) is 0 Å². The predicted molar refractivity (Wildman–Crippen MR) is 72.1 cm³/mol. The van der Waals surface area contributed by atoms with E-state index in [9.17, 15) is 9.59 Å². The van der Waals surface area contributed by atoms with Gasteiger partial charge in [-0.2, -0.15) is 5.26 Å². The molecule has 5 nitrogen and oxygen atoms in total. The van der Waals surface area contributed by atoms with Gasteiger partial charge in [0.25, 0.3) is 0 Å². The molecule has 0 aliphatic rings. The van der Waals surface area contributed by atoms with Gasteiger partial charge in [0, 0.05) is 6.42 Å².